The average Bonchev–Trinajstić information content (AvgIpc) is 2.08. The van der Waals surface area contributed by atoms with Gasteiger partial charge in [0.1, 0.15) is 0 Å². The Hall–Kier alpha value is -0.730. The fraction of sp³-hybridized carbons (Fsp3) is 0.889. The number of rotatable bonds is 0. The standard InChI is InChI=1S/C7H15N3.C2H6/c1-6-3-2-4-10(5-6)7(8)9;1-2/h6H,2-5H2,1H3,(H3,8,9);1-2H3. The summed E-state index contributed by atoms with van der Waals surface area (Å²) < 4.78 is 0. The largest absolute Gasteiger partial charge is 0.370 e. The number of hydrogen-bond donors (Lipinski definition) is 2. The Morgan fingerprint density at radius 3 is 2.42 bits per heavy atom. The van der Waals surface area contributed by atoms with E-state index in [0.29, 0.717) is 5.92 Å². The Labute approximate surface area is 75.4 Å². The summed E-state index contributed by atoms with van der Waals surface area (Å²) in [6, 6.07) is 0. The maximum Gasteiger partial charge on any atom is 0.188 e. The third-order valence-corrected chi connectivity index (χ3v) is 2.00. The van der Waals surface area contributed by atoms with E-state index in [4.69, 9.17) is 11.1 Å². The molecule has 0 aromatic rings. The third kappa shape index (κ3) is 3.60. The van der Waals surface area contributed by atoms with Crippen molar-refractivity contribution >= 4 is 5.96 Å². The van der Waals surface area contributed by atoms with Crippen LogP contribution in [0.3, 0.4) is 0 Å². The van der Waals surface area contributed by atoms with Gasteiger partial charge in [0.15, 0.2) is 5.96 Å². The monoisotopic (exact) mass is 171 g/mol. The van der Waals surface area contributed by atoms with E-state index < -0.39 is 0 Å². The number of guanidine groups is 1. The van der Waals surface area contributed by atoms with Crippen molar-refractivity contribution in [3.63, 3.8) is 0 Å². The molecule has 0 bridgehead atoms. The van der Waals surface area contributed by atoms with Crippen LogP contribution in [-0.4, -0.2) is 23.9 Å². The van der Waals surface area contributed by atoms with Crippen LogP contribution in [-0.2, 0) is 0 Å². The smallest absolute Gasteiger partial charge is 0.188 e. The summed E-state index contributed by atoms with van der Waals surface area (Å²) in [4.78, 5) is 1.94. The van der Waals surface area contributed by atoms with Gasteiger partial charge in [0, 0.05) is 13.1 Å². The Balaban J connectivity index is 0.000000561. The molecule has 0 saturated carbocycles. The molecular formula is C9H21N3. The van der Waals surface area contributed by atoms with Crippen molar-refractivity contribution in [1.82, 2.24) is 4.90 Å². The zero-order valence-corrected chi connectivity index (χ0v) is 8.43. The van der Waals surface area contributed by atoms with Crippen LogP contribution in [0.1, 0.15) is 33.6 Å². The molecule has 0 amide bonds. The van der Waals surface area contributed by atoms with Crippen LogP contribution in [0.15, 0.2) is 0 Å². The first kappa shape index (κ1) is 11.3. The summed E-state index contributed by atoms with van der Waals surface area (Å²) in [5.41, 5.74) is 5.34. The summed E-state index contributed by atoms with van der Waals surface area (Å²) >= 11 is 0. The van der Waals surface area contributed by atoms with Crippen molar-refractivity contribution in [1.29, 1.82) is 5.41 Å². The van der Waals surface area contributed by atoms with Crippen LogP contribution in [0.2, 0.25) is 0 Å². The molecule has 0 aromatic heterocycles. The lowest BCUT2D eigenvalue weighted by Crippen LogP contribution is -2.42. The van der Waals surface area contributed by atoms with Gasteiger partial charge < -0.3 is 10.6 Å². The van der Waals surface area contributed by atoms with Crippen LogP contribution < -0.4 is 5.73 Å². The van der Waals surface area contributed by atoms with Gasteiger partial charge in [-0.05, 0) is 18.8 Å². The van der Waals surface area contributed by atoms with Gasteiger partial charge in [-0.25, -0.2) is 0 Å². The normalized spacial score (nSPS) is 22.6. The topological polar surface area (TPSA) is 53.1 Å². The van der Waals surface area contributed by atoms with Gasteiger partial charge in [0.05, 0.1) is 0 Å². The van der Waals surface area contributed by atoms with Crippen molar-refractivity contribution in [2.24, 2.45) is 11.7 Å². The molecule has 12 heavy (non-hydrogen) atoms. The Morgan fingerprint density at radius 1 is 1.50 bits per heavy atom. The minimum absolute atomic E-state index is 0.228. The van der Waals surface area contributed by atoms with Crippen LogP contribution in [0, 0.1) is 11.3 Å². The molecule has 3 N–H and O–H groups in total. The molecule has 1 rings (SSSR count). The lowest BCUT2D eigenvalue weighted by atomic mass is 10.0. The van der Waals surface area contributed by atoms with Crippen molar-refractivity contribution in [3.8, 4) is 0 Å². The second kappa shape index (κ2) is 5.86. The number of hydrogen-bond acceptors (Lipinski definition) is 1. The number of nitrogens with zero attached hydrogens (tertiary/aromatic N) is 1. The van der Waals surface area contributed by atoms with E-state index >= 15 is 0 Å². The molecule has 1 saturated heterocycles. The first-order chi connectivity index (χ1) is 5.70. The average molecular weight is 171 g/mol. The fourth-order valence-corrected chi connectivity index (χ4v) is 1.41. The van der Waals surface area contributed by atoms with Gasteiger partial charge in [-0.2, -0.15) is 0 Å². The van der Waals surface area contributed by atoms with Gasteiger partial charge in [0.25, 0.3) is 0 Å². The summed E-state index contributed by atoms with van der Waals surface area (Å²) in [6.45, 7) is 8.14. The van der Waals surface area contributed by atoms with Crippen molar-refractivity contribution < 1.29 is 0 Å². The molecule has 72 valence electrons. The van der Waals surface area contributed by atoms with Crippen LogP contribution in [0.4, 0.5) is 0 Å². The highest BCUT2D eigenvalue weighted by atomic mass is 15.2. The van der Waals surface area contributed by atoms with Gasteiger partial charge >= 0.3 is 0 Å². The predicted molar refractivity (Wildman–Crippen MR) is 53.2 cm³/mol. The van der Waals surface area contributed by atoms with E-state index in [1.165, 1.54) is 12.8 Å². The molecule has 0 aromatic carbocycles. The molecule has 0 radical (unpaired) electrons. The van der Waals surface area contributed by atoms with Gasteiger partial charge in [-0.3, -0.25) is 5.41 Å². The van der Waals surface area contributed by atoms with Crippen molar-refractivity contribution in [3.05, 3.63) is 0 Å². The van der Waals surface area contributed by atoms with Gasteiger partial charge in [-0.1, -0.05) is 20.8 Å². The Kier molecular flexibility index (Phi) is 5.51. The van der Waals surface area contributed by atoms with Crippen molar-refractivity contribution in [2.45, 2.75) is 33.6 Å². The zero-order valence-electron chi connectivity index (χ0n) is 8.43. The fourth-order valence-electron chi connectivity index (χ4n) is 1.41. The van der Waals surface area contributed by atoms with E-state index in [9.17, 15) is 0 Å². The SMILES string of the molecule is CC.CC1CCCN(C(=N)N)C1. The molecule has 1 fully saturated rings. The van der Waals surface area contributed by atoms with Crippen LogP contribution in [0.25, 0.3) is 0 Å². The van der Waals surface area contributed by atoms with E-state index in [-0.39, 0.29) is 5.96 Å². The highest BCUT2D eigenvalue weighted by molar-refractivity contribution is 5.74. The maximum atomic E-state index is 7.18. The second-order valence-electron chi connectivity index (χ2n) is 3.08. The number of likely N-dealkylation sites (tertiary alicyclic amines) is 1. The summed E-state index contributed by atoms with van der Waals surface area (Å²) in [6.07, 6.45) is 2.46. The van der Waals surface area contributed by atoms with Gasteiger partial charge in [0.2, 0.25) is 0 Å². The maximum absolute atomic E-state index is 7.18. The molecule has 1 unspecified atom stereocenters. The van der Waals surface area contributed by atoms with E-state index in [2.05, 4.69) is 6.92 Å². The minimum atomic E-state index is 0.228. The van der Waals surface area contributed by atoms with E-state index in [1.54, 1.807) is 0 Å². The molecule has 1 atom stereocenters. The van der Waals surface area contributed by atoms with E-state index in [0.717, 1.165) is 13.1 Å². The predicted octanol–water partition coefficient (Wildman–Crippen LogP) is 1.64. The first-order valence-corrected chi connectivity index (χ1v) is 4.79. The molecule has 0 spiro atoms. The second-order valence-corrected chi connectivity index (χ2v) is 3.08. The Bertz CT molecular complexity index is 134. The summed E-state index contributed by atoms with van der Waals surface area (Å²) in [7, 11) is 0. The number of nitrogens with one attached hydrogen (secondary N) is 1. The summed E-state index contributed by atoms with van der Waals surface area (Å²) in [5.74, 6) is 0.934. The first-order valence-electron chi connectivity index (χ1n) is 4.79. The molecule has 3 nitrogen and oxygen atoms in total. The molecular weight excluding hydrogens is 150 g/mol. The van der Waals surface area contributed by atoms with E-state index in [1.807, 2.05) is 18.7 Å². The van der Waals surface area contributed by atoms with Gasteiger partial charge in [-0.15, -0.1) is 0 Å². The quantitative estimate of drug-likeness (QED) is 0.430. The molecule has 1 heterocycles. The lowest BCUT2D eigenvalue weighted by Gasteiger charge is -2.30. The highest BCUT2D eigenvalue weighted by Gasteiger charge is 2.16. The number of piperidine rings is 1. The molecule has 1 aliphatic heterocycles. The number of nitrogens with two attached hydrogens (primary N) is 1. The van der Waals surface area contributed by atoms with Crippen LogP contribution in [0.5, 0.6) is 0 Å². The molecule has 1 aliphatic rings. The molecule has 0 aliphatic carbocycles. The Morgan fingerprint density at radius 2 is 2.08 bits per heavy atom. The molecule has 3 heteroatoms. The highest BCUT2D eigenvalue weighted by Crippen LogP contribution is 2.14. The minimum Gasteiger partial charge on any atom is -0.370 e. The van der Waals surface area contributed by atoms with Crippen LogP contribution >= 0.6 is 0 Å². The summed E-state index contributed by atoms with van der Waals surface area (Å²) in [5, 5.41) is 7.18. The zero-order chi connectivity index (χ0) is 9.56. The lowest BCUT2D eigenvalue weighted by molar-refractivity contribution is 0.269. The third-order valence-electron chi connectivity index (χ3n) is 2.00. The van der Waals surface area contributed by atoms with Crippen molar-refractivity contribution in [2.75, 3.05) is 13.1 Å².